The van der Waals surface area contributed by atoms with Gasteiger partial charge in [-0.3, -0.25) is 24.4 Å². The fourth-order valence-electron chi connectivity index (χ4n) is 6.27. The number of fused-ring (bicyclic) bond motifs is 2. The Morgan fingerprint density at radius 3 is 2.48 bits per heavy atom. The molecule has 2 saturated heterocycles. The van der Waals surface area contributed by atoms with Crippen molar-refractivity contribution in [2.45, 2.75) is 52.5 Å². The highest BCUT2D eigenvalue weighted by atomic mass is 35.5. The monoisotopic (exact) mass is 593 g/mol. The van der Waals surface area contributed by atoms with Crippen LogP contribution in [0.3, 0.4) is 0 Å². The highest BCUT2D eigenvalue weighted by Crippen LogP contribution is 2.63. The maximum absolute atomic E-state index is 13.8. The van der Waals surface area contributed by atoms with Gasteiger partial charge in [-0.1, -0.05) is 13.8 Å². The molecule has 0 bridgehead atoms. The number of nitrogens with one attached hydrogen (secondary N) is 1. The molecule has 3 aromatic heterocycles. The molecule has 2 amide bonds. The van der Waals surface area contributed by atoms with Crippen LogP contribution in [0.25, 0.3) is 21.5 Å². The molecule has 3 aromatic rings. The van der Waals surface area contributed by atoms with Gasteiger partial charge in [0.1, 0.15) is 5.69 Å². The van der Waals surface area contributed by atoms with Crippen molar-refractivity contribution < 1.29 is 22.8 Å². The van der Waals surface area contributed by atoms with Gasteiger partial charge < -0.3 is 5.32 Å². The number of hydrogen-bond acceptors (Lipinski definition) is 7. The van der Waals surface area contributed by atoms with Gasteiger partial charge in [-0.2, -0.15) is 13.2 Å². The van der Waals surface area contributed by atoms with Crippen LogP contribution in [-0.4, -0.2) is 57.8 Å². The summed E-state index contributed by atoms with van der Waals surface area (Å²) in [5.74, 6) is -0.825. The molecule has 7 nitrogen and oxygen atoms in total. The van der Waals surface area contributed by atoms with E-state index in [0.717, 1.165) is 36.0 Å². The van der Waals surface area contributed by atoms with Crippen LogP contribution < -0.4 is 5.32 Å². The van der Waals surface area contributed by atoms with E-state index in [0.29, 0.717) is 39.6 Å². The molecule has 0 aromatic carbocycles. The molecule has 0 spiro atoms. The number of alkyl halides is 3. The topological polar surface area (TPSA) is 78.4 Å². The Morgan fingerprint density at radius 1 is 1.15 bits per heavy atom. The van der Waals surface area contributed by atoms with Crippen molar-refractivity contribution in [2.75, 3.05) is 20.1 Å². The Hall–Kier alpha value is -2.60. The SMILES string of the molecule is CN[C@H]1CCN(Cc2c(C)cc(C(F)(F)F)nc2-c2ccnc3cc(CN4C(=O)C5C(C4=O)C5(C)C)sc23)C1.Cl. The standard InChI is InChI=1S/C28H30F3N5O2S.ClH/c1-14-9-20(28(29,30)31)34-23(18(14)13-35-8-6-15(11-35)32-4)17-5-7-33-19-10-16(39-24(17)19)12-36-25(37)21-22(26(36)38)27(21,2)3;/h5,7,9-10,15,21-22,32H,6,8,11-13H2,1-4H3;1H/t15-,21?,22?;/m0./s1. The van der Waals surface area contributed by atoms with Crippen LogP contribution in [-0.2, 0) is 28.9 Å². The third-order valence-corrected chi connectivity index (χ3v) is 9.77. The number of imide groups is 1. The fraction of sp³-hybridized carbons (Fsp3) is 0.500. The first-order valence-electron chi connectivity index (χ1n) is 13.1. The van der Waals surface area contributed by atoms with Crippen molar-refractivity contribution in [1.82, 2.24) is 25.1 Å². The molecular formula is C28H31ClF3N5O2S. The van der Waals surface area contributed by atoms with E-state index in [9.17, 15) is 22.8 Å². The first kappa shape index (κ1) is 28.9. The predicted octanol–water partition coefficient (Wildman–Crippen LogP) is 5.04. The smallest absolute Gasteiger partial charge is 0.316 e. The lowest BCUT2D eigenvalue weighted by Gasteiger charge is -2.21. The molecule has 3 atom stereocenters. The van der Waals surface area contributed by atoms with Crippen LogP contribution in [0.5, 0.6) is 0 Å². The van der Waals surface area contributed by atoms with Crippen LogP contribution in [0.2, 0.25) is 0 Å². The van der Waals surface area contributed by atoms with Gasteiger partial charge >= 0.3 is 6.18 Å². The summed E-state index contributed by atoms with van der Waals surface area (Å²) in [5.41, 5.74) is 1.57. The van der Waals surface area contributed by atoms with E-state index in [1.54, 1.807) is 19.2 Å². The number of piperidine rings is 1. The van der Waals surface area contributed by atoms with Gasteiger partial charge in [0, 0.05) is 42.3 Å². The van der Waals surface area contributed by atoms with E-state index < -0.39 is 11.9 Å². The number of carbonyl (C=O) groups excluding carboxylic acids is 2. The number of rotatable bonds is 6. The average molecular weight is 594 g/mol. The number of halogens is 4. The molecule has 3 fully saturated rings. The van der Waals surface area contributed by atoms with Gasteiger partial charge in [-0.15, -0.1) is 23.7 Å². The number of likely N-dealkylation sites (N-methyl/N-ethyl adjacent to an activating group) is 1. The number of likely N-dealkylation sites (tertiary alicyclic amines) is 2. The molecular weight excluding hydrogens is 563 g/mol. The second-order valence-corrected chi connectivity index (χ2v) is 12.6. The number of carbonyl (C=O) groups is 2. The highest BCUT2D eigenvalue weighted by Gasteiger charge is 2.72. The van der Waals surface area contributed by atoms with E-state index >= 15 is 0 Å². The minimum Gasteiger partial charge on any atom is -0.316 e. The average Bonchev–Trinajstić information content (AvgIpc) is 3.28. The Labute approximate surface area is 240 Å². The summed E-state index contributed by atoms with van der Waals surface area (Å²) in [4.78, 5) is 38.7. The van der Waals surface area contributed by atoms with Crippen LogP contribution in [0.15, 0.2) is 24.4 Å². The van der Waals surface area contributed by atoms with Crippen molar-refractivity contribution in [3.05, 3.63) is 46.1 Å². The van der Waals surface area contributed by atoms with E-state index in [1.807, 2.05) is 27.0 Å². The van der Waals surface area contributed by atoms with Crippen molar-refractivity contribution in [3.63, 3.8) is 0 Å². The van der Waals surface area contributed by atoms with E-state index in [-0.39, 0.29) is 48.0 Å². The van der Waals surface area contributed by atoms with E-state index in [4.69, 9.17) is 0 Å². The third-order valence-electron chi connectivity index (χ3n) is 8.62. The third kappa shape index (κ3) is 4.70. The van der Waals surface area contributed by atoms with Gasteiger partial charge in [0.05, 0.1) is 34.3 Å². The number of nitrogens with zero attached hydrogens (tertiary/aromatic N) is 4. The van der Waals surface area contributed by atoms with Gasteiger partial charge in [0.15, 0.2) is 0 Å². The highest BCUT2D eigenvalue weighted by molar-refractivity contribution is 7.19. The lowest BCUT2D eigenvalue weighted by Crippen LogP contribution is -2.35. The molecule has 1 N–H and O–H groups in total. The normalized spacial score (nSPS) is 24.1. The zero-order valence-corrected chi connectivity index (χ0v) is 24.3. The number of amides is 2. The molecule has 1 aliphatic carbocycles. The Kier molecular flexibility index (Phi) is 7.26. The fourth-order valence-corrected chi connectivity index (χ4v) is 7.39. The van der Waals surface area contributed by atoms with Gasteiger partial charge in [-0.05, 0) is 55.1 Å². The zero-order chi connectivity index (χ0) is 27.9. The molecule has 6 rings (SSSR count). The van der Waals surface area contributed by atoms with Crippen LogP contribution in [0.1, 0.15) is 42.0 Å². The second kappa shape index (κ2) is 10.0. The largest absolute Gasteiger partial charge is 0.433 e. The maximum Gasteiger partial charge on any atom is 0.433 e. The number of pyridine rings is 2. The summed E-state index contributed by atoms with van der Waals surface area (Å²) < 4.78 is 42.2. The summed E-state index contributed by atoms with van der Waals surface area (Å²) in [5, 5.41) is 3.28. The number of thiophene rings is 1. The Bertz CT molecular complexity index is 1480. The summed E-state index contributed by atoms with van der Waals surface area (Å²) in [6.45, 7) is 7.86. The zero-order valence-electron chi connectivity index (χ0n) is 22.6. The second-order valence-electron chi connectivity index (χ2n) is 11.5. The lowest BCUT2D eigenvalue weighted by molar-refractivity contribution is -0.144. The molecule has 1 saturated carbocycles. The minimum atomic E-state index is -4.58. The van der Waals surface area contributed by atoms with Crippen molar-refractivity contribution in [3.8, 4) is 11.3 Å². The quantitative estimate of drug-likeness (QED) is 0.404. The number of hydrogen-bond donors (Lipinski definition) is 1. The predicted molar refractivity (Wildman–Crippen MR) is 149 cm³/mol. The summed E-state index contributed by atoms with van der Waals surface area (Å²) in [6.07, 6.45) is -2.04. The minimum absolute atomic E-state index is 0. The Balaban J connectivity index is 0.00000323. The van der Waals surface area contributed by atoms with Gasteiger partial charge in [0.2, 0.25) is 11.8 Å². The molecule has 12 heteroatoms. The molecule has 40 heavy (non-hydrogen) atoms. The van der Waals surface area contributed by atoms with Crippen LogP contribution >= 0.6 is 23.7 Å². The van der Waals surface area contributed by atoms with Crippen molar-refractivity contribution in [1.29, 1.82) is 0 Å². The lowest BCUT2D eigenvalue weighted by atomic mass is 10.00. The van der Waals surface area contributed by atoms with Gasteiger partial charge in [0.25, 0.3) is 0 Å². The summed E-state index contributed by atoms with van der Waals surface area (Å²) in [7, 11) is 1.92. The van der Waals surface area contributed by atoms with Gasteiger partial charge in [-0.25, -0.2) is 4.98 Å². The molecule has 0 radical (unpaired) electrons. The molecule has 3 aliphatic rings. The summed E-state index contributed by atoms with van der Waals surface area (Å²) >= 11 is 1.35. The molecule has 214 valence electrons. The number of aromatic nitrogens is 2. The maximum atomic E-state index is 13.8. The Morgan fingerprint density at radius 2 is 1.85 bits per heavy atom. The molecule has 2 unspecified atom stereocenters. The number of aryl methyl sites for hydroxylation is 1. The van der Waals surface area contributed by atoms with E-state index in [2.05, 4.69) is 20.2 Å². The van der Waals surface area contributed by atoms with E-state index in [1.165, 1.54) is 16.2 Å². The van der Waals surface area contributed by atoms with Crippen LogP contribution in [0, 0.1) is 24.2 Å². The van der Waals surface area contributed by atoms with Crippen LogP contribution in [0.4, 0.5) is 13.2 Å². The summed E-state index contributed by atoms with van der Waals surface area (Å²) in [6, 6.07) is 4.99. The molecule has 5 heterocycles. The first-order chi connectivity index (χ1) is 18.4. The van der Waals surface area contributed by atoms with Crippen molar-refractivity contribution in [2.24, 2.45) is 17.3 Å². The van der Waals surface area contributed by atoms with Crippen molar-refractivity contribution >= 4 is 45.8 Å². The molecule has 2 aliphatic heterocycles. The first-order valence-corrected chi connectivity index (χ1v) is 13.9.